The molecule has 0 radical (unpaired) electrons. The standard InChI is InChI=1S/C17H16BrClN6O4S/c1-8-7-30-13(16(27)22-23-17(28)29-2)12(8)21-15(26)10-6-11(18)24-25(10)14-9(19)4-3-5-20-14/h3-5,7,10H,6H2,1-2H3,(H,21,26)(H,22,27)(H,23,28). The summed E-state index contributed by atoms with van der Waals surface area (Å²) in [4.78, 5) is 41.0. The second-order valence-corrected chi connectivity index (χ2v) is 8.23. The van der Waals surface area contributed by atoms with Crippen LogP contribution in [0.4, 0.5) is 16.3 Å². The lowest BCUT2D eigenvalue weighted by atomic mass is 10.2. The maximum Gasteiger partial charge on any atom is 0.425 e. The molecule has 1 aliphatic heterocycles. The quantitative estimate of drug-likeness (QED) is 0.538. The number of pyridine rings is 1. The van der Waals surface area contributed by atoms with Gasteiger partial charge in [0.05, 0.1) is 17.8 Å². The SMILES string of the molecule is COC(=O)NNC(=O)c1scc(C)c1NC(=O)C1CC(Br)=NN1c1ncccc1Cl. The number of halogens is 2. The van der Waals surface area contributed by atoms with Crippen molar-refractivity contribution in [2.75, 3.05) is 17.4 Å². The highest BCUT2D eigenvalue weighted by Crippen LogP contribution is 2.32. The molecule has 30 heavy (non-hydrogen) atoms. The molecule has 3 N–H and O–H groups in total. The smallest absolute Gasteiger partial charge is 0.425 e. The molecular weight excluding hydrogens is 500 g/mol. The maximum atomic E-state index is 13.1. The number of ether oxygens (including phenoxy) is 1. The number of carbonyl (C=O) groups is 3. The molecule has 0 saturated carbocycles. The molecule has 1 aliphatic rings. The summed E-state index contributed by atoms with van der Waals surface area (Å²) in [6, 6.07) is 2.60. The number of methoxy groups -OCH3 is 1. The normalized spacial score (nSPS) is 15.4. The van der Waals surface area contributed by atoms with Gasteiger partial charge in [0.1, 0.15) is 15.5 Å². The first-order valence-electron chi connectivity index (χ1n) is 8.47. The Kier molecular flexibility index (Phi) is 6.90. The predicted octanol–water partition coefficient (Wildman–Crippen LogP) is 3.03. The minimum absolute atomic E-state index is 0.220. The topological polar surface area (TPSA) is 125 Å². The summed E-state index contributed by atoms with van der Waals surface area (Å²) in [7, 11) is 1.17. The first-order valence-corrected chi connectivity index (χ1v) is 10.5. The number of hydrazine groups is 1. The first kappa shape index (κ1) is 22.0. The Hall–Kier alpha value is -2.70. The molecule has 13 heteroatoms. The van der Waals surface area contributed by atoms with Gasteiger partial charge < -0.3 is 10.1 Å². The number of amides is 3. The average Bonchev–Trinajstić information content (AvgIpc) is 3.29. The zero-order valence-corrected chi connectivity index (χ0v) is 18.9. The van der Waals surface area contributed by atoms with Gasteiger partial charge in [0.25, 0.3) is 5.91 Å². The molecule has 2 aromatic rings. The summed E-state index contributed by atoms with van der Waals surface area (Å²) >= 11 is 10.7. The monoisotopic (exact) mass is 514 g/mol. The third-order valence-electron chi connectivity index (χ3n) is 4.02. The van der Waals surface area contributed by atoms with E-state index in [2.05, 4.69) is 46.9 Å². The molecule has 3 rings (SSSR count). The van der Waals surface area contributed by atoms with E-state index < -0.39 is 23.9 Å². The molecule has 0 bridgehead atoms. The van der Waals surface area contributed by atoms with Crippen molar-refractivity contribution in [3.8, 4) is 0 Å². The zero-order valence-electron chi connectivity index (χ0n) is 15.7. The highest BCUT2D eigenvalue weighted by molar-refractivity contribution is 9.18. The minimum Gasteiger partial charge on any atom is -0.452 e. The van der Waals surface area contributed by atoms with Crippen molar-refractivity contribution in [3.05, 3.63) is 39.2 Å². The van der Waals surface area contributed by atoms with Gasteiger partial charge in [0.2, 0.25) is 5.91 Å². The van der Waals surface area contributed by atoms with Gasteiger partial charge in [0, 0.05) is 12.6 Å². The van der Waals surface area contributed by atoms with Gasteiger partial charge in [-0.25, -0.2) is 20.2 Å². The van der Waals surface area contributed by atoms with Crippen LogP contribution in [-0.4, -0.2) is 40.7 Å². The van der Waals surface area contributed by atoms with E-state index in [4.69, 9.17) is 11.6 Å². The highest BCUT2D eigenvalue weighted by Gasteiger charge is 2.35. The van der Waals surface area contributed by atoms with Gasteiger partial charge in [-0.15, -0.1) is 11.3 Å². The van der Waals surface area contributed by atoms with Crippen LogP contribution in [0.2, 0.25) is 5.02 Å². The van der Waals surface area contributed by atoms with Crippen molar-refractivity contribution in [2.24, 2.45) is 5.10 Å². The number of anilines is 2. The van der Waals surface area contributed by atoms with E-state index >= 15 is 0 Å². The van der Waals surface area contributed by atoms with E-state index in [9.17, 15) is 14.4 Å². The summed E-state index contributed by atoms with van der Waals surface area (Å²) in [5.74, 6) is -0.648. The zero-order chi connectivity index (χ0) is 21.8. The fourth-order valence-corrected chi connectivity index (χ4v) is 4.19. The third kappa shape index (κ3) is 4.71. The molecule has 0 aliphatic carbocycles. The van der Waals surface area contributed by atoms with Crippen LogP contribution in [-0.2, 0) is 9.53 Å². The first-order chi connectivity index (χ1) is 14.3. The molecule has 1 atom stereocenters. The number of hydrogen-bond donors (Lipinski definition) is 3. The van der Waals surface area contributed by atoms with Crippen molar-refractivity contribution in [1.29, 1.82) is 0 Å². The van der Waals surface area contributed by atoms with Crippen LogP contribution in [0.3, 0.4) is 0 Å². The second-order valence-electron chi connectivity index (χ2n) is 6.03. The van der Waals surface area contributed by atoms with Gasteiger partial charge in [-0.2, -0.15) is 5.10 Å². The molecule has 10 nitrogen and oxygen atoms in total. The number of nitrogens with one attached hydrogen (secondary N) is 3. The number of rotatable bonds is 4. The van der Waals surface area contributed by atoms with Crippen LogP contribution in [0.25, 0.3) is 0 Å². The molecule has 1 unspecified atom stereocenters. The number of hydrazone groups is 1. The highest BCUT2D eigenvalue weighted by atomic mass is 79.9. The van der Waals surface area contributed by atoms with Crippen molar-refractivity contribution < 1.29 is 19.1 Å². The van der Waals surface area contributed by atoms with Gasteiger partial charge in [0.15, 0.2) is 5.82 Å². The lowest BCUT2D eigenvalue weighted by molar-refractivity contribution is -0.117. The molecule has 3 amide bonds. The minimum atomic E-state index is -0.821. The van der Waals surface area contributed by atoms with E-state index in [0.717, 1.165) is 11.3 Å². The van der Waals surface area contributed by atoms with Crippen LogP contribution in [0, 0.1) is 6.92 Å². The van der Waals surface area contributed by atoms with Crippen LogP contribution >= 0.6 is 38.9 Å². The summed E-state index contributed by atoms with van der Waals surface area (Å²) in [6.07, 6.45) is 1.03. The Balaban J connectivity index is 1.79. The summed E-state index contributed by atoms with van der Waals surface area (Å²) < 4.78 is 4.97. The van der Waals surface area contributed by atoms with E-state index in [1.165, 1.54) is 12.1 Å². The van der Waals surface area contributed by atoms with Gasteiger partial charge in [-0.05, 0) is 45.9 Å². The largest absolute Gasteiger partial charge is 0.452 e. The van der Waals surface area contributed by atoms with E-state index in [1.54, 1.807) is 30.6 Å². The second kappa shape index (κ2) is 9.41. The molecule has 0 spiro atoms. The van der Waals surface area contributed by atoms with Crippen LogP contribution in [0.1, 0.15) is 21.7 Å². The number of aryl methyl sites for hydroxylation is 1. The molecule has 0 aromatic carbocycles. The summed E-state index contributed by atoms with van der Waals surface area (Å²) in [6.45, 7) is 1.76. The average molecular weight is 516 g/mol. The Labute approximate surface area is 188 Å². The van der Waals surface area contributed by atoms with Crippen LogP contribution in [0.15, 0.2) is 28.8 Å². The molecule has 0 fully saturated rings. The fraction of sp³-hybridized carbons (Fsp3) is 0.235. The Morgan fingerprint density at radius 2 is 2.13 bits per heavy atom. The van der Waals surface area contributed by atoms with Gasteiger partial charge >= 0.3 is 6.09 Å². The number of nitrogens with zero attached hydrogens (tertiary/aromatic N) is 3. The molecule has 3 heterocycles. The molecule has 0 saturated heterocycles. The van der Waals surface area contributed by atoms with Crippen molar-refractivity contribution in [3.63, 3.8) is 0 Å². The molecular formula is C17H16BrClN6O4S. The lowest BCUT2D eigenvalue weighted by Gasteiger charge is -2.22. The Morgan fingerprint density at radius 1 is 1.37 bits per heavy atom. The van der Waals surface area contributed by atoms with E-state index in [1.807, 2.05) is 0 Å². The Bertz CT molecular complexity index is 1030. The van der Waals surface area contributed by atoms with Crippen molar-refractivity contribution >= 4 is 72.9 Å². The fourth-order valence-electron chi connectivity index (χ4n) is 2.61. The number of carbonyl (C=O) groups excluding carboxylic acids is 3. The van der Waals surface area contributed by atoms with Crippen LogP contribution < -0.4 is 21.2 Å². The number of aromatic nitrogens is 1. The summed E-state index contributed by atoms with van der Waals surface area (Å²) in [5, 5.41) is 10.6. The third-order valence-corrected chi connectivity index (χ3v) is 5.90. The van der Waals surface area contributed by atoms with Crippen molar-refractivity contribution in [2.45, 2.75) is 19.4 Å². The molecule has 158 valence electrons. The Morgan fingerprint density at radius 3 is 2.83 bits per heavy atom. The van der Waals surface area contributed by atoms with E-state index in [-0.39, 0.29) is 4.88 Å². The summed E-state index contributed by atoms with van der Waals surface area (Å²) in [5.41, 5.74) is 5.35. The predicted molar refractivity (Wildman–Crippen MR) is 117 cm³/mol. The van der Waals surface area contributed by atoms with Crippen LogP contribution in [0.5, 0.6) is 0 Å². The number of thiophene rings is 1. The van der Waals surface area contributed by atoms with E-state index in [0.29, 0.717) is 33.1 Å². The van der Waals surface area contributed by atoms with Crippen molar-refractivity contribution in [1.82, 2.24) is 15.8 Å². The van der Waals surface area contributed by atoms with Gasteiger partial charge in [-0.1, -0.05) is 11.6 Å². The molecule has 2 aromatic heterocycles. The number of hydrogen-bond acceptors (Lipinski definition) is 8. The van der Waals surface area contributed by atoms with Gasteiger partial charge in [-0.3, -0.25) is 15.0 Å². The maximum absolute atomic E-state index is 13.1. The lowest BCUT2D eigenvalue weighted by Crippen LogP contribution is -2.42.